The van der Waals surface area contributed by atoms with E-state index in [0.29, 0.717) is 12.0 Å². The average molecular weight is 441 g/mol. The van der Waals surface area contributed by atoms with Crippen LogP contribution in [0, 0.1) is 5.82 Å². The Morgan fingerprint density at radius 2 is 1.55 bits per heavy atom. The van der Waals surface area contributed by atoms with E-state index in [0.717, 1.165) is 12.8 Å². The second kappa shape index (κ2) is 8.51. The molecule has 9 heteroatoms. The molecule has 29 heavy (non-hydrogen) atoms. The normalized spacial score (nSPS) is 16.1. The molecule has 6 nitrogen and oxygen atoms in total. The van der Waals surface area contributed by atoms with Crippen LogP contribution in [0.25, 0.3) is 0 Å². The second-order valence-corrected chi connectivity index (χ2v) is 10.9. The van der Waals surface area contributed by atoms with E-state index < -0.39 is 20.0 Å². The molecule has 1 N–H and O–H groups in total. The van der Waals surface area contributed by atoms with E-state index >= 15 is 0 Å². The standard InChI is InChI=1S/C20H25FN2O4S2/c1-3-15(2)22-28(24,25)19-10-12-20(13-11-19)29(26,27)23(18-8-9-18)14-16-4-6-17(21)7-5-16/h4-7,10-13,15,18,22H,3,8-9,14H2,1-2H3. The number of rotatable bonds is 9. The molecule has 0 heterocycles. The van der Waals surface area contributed by atoms with Crippen molar-refractivity contribution in [3.8, 4) is 0 Å². The van der Waals surface area contributed by atoms with E-state index in [1.165, 1.54) is 40.7 Å². The van der Waals surface area contributed by atoms with Crippen molar-refractivity contribution in [1.82, 2.24) is 9.03 Å². The summed E-state index contributed by atoms with van der Waals surface area (Å²) >= 11 is 0. The average Bonchev–Trinajstić information content (AvgIpc) is 3.52. The molecule has 1 atom stereocenters. The van der Waals surface area contributed by atoms with Crippen molar-refractivity contribution in [3.05, 3.63) is 59.9 Å². The first-order valence-corrected chi connectivity index (χ1v) is 12.4. The van der Waals surface area contributed by atoms with E-state index in [-0.39, 0.29) is 34.2 Å². The highest BCUT2D eigenvalue weighted by molar-refractivity contribution is 7.89. The van der Waals surface area contributed by atoms with Gasteiger partial charge in [-0.1, -0.05) is 19.1 Å². The number of hydrogen-bond acceptors (Lipinski definition) is 4. The zero-order chi connectivity index (χ0) is 21.2. The predicted octanol–water partition coefficient (Wildman–Crippen LogP) is 3.26. The van der Waals surface area contributed by atoms with Crippen molar-refractivity contribution in [2.45, 2.75) is 61.5 Å². The number of halogens is 1. The van der Waals surface area contributed by atoms with Crippen molar-refractivity contribution in [2.75, 3.05) is 0 Å². The highest BCUT2D eigenvalue weighted by Gasteiger charge is 2.38. The van der Waals surface area contributed by atoms with Gasteiger partial charge in [0.2, 0.25) is 20.0 Å². The first-order chi connectivity index (χ1) is 13.6. The number of nitrogens with one attached hydrogen (secondary N) is 1. The highest BCUT2D eigenvalue weighted by Crippen LogP contribution is 2.33. The maximum Gasteiger partial charge on any atom is 0.243 e. The zero-order valence-electron chi connectivity index (χ0n) is 16.4. The van der Waals surface area contributed by atoms with Gasteiger partial charge < -0.3 is 0 Å². The fraction of sp³-hybridized carbons (Fsp3) is 0.400. The summed E-state index contributed by atoms with van der Waals surface area (Å²) in [6.45, 7) is 3.78. The van der Waals surface area contributed by atoms with Crippen LogP contribution < -0.4 is 4.72 Å². The van der Waals surface area contributed by atoms with E-state index in [1.54, 1.807) is 19.1 Å². The van der Waals surface area contributed by atoms with E-state index in [9.17, 15) is 21.2 Å². The van der Waals surface area contributed by atoms with Crippen LogP contribution in [-0.4, -0.2) is 33.2 Å². The largest absolute Gasteiger partial charge is 0.243 e. The van der Waals surface area contributed by atoms with Gasteiger partial charge >= 0.3 is 0 Å². The van der Waals surface area contributed by atoms with Gasteiger partial charge in [-0.05, 0) is 68.1 Å². The van der Waals surface area contributed by atoms with Crippen LogP contribution in [0.2, 0.25) is 0 Å². The molecule has 2 aromatic rings. The fourth-order valence-corrected chi connectivity index (χ4v) is 5.89. The minimum absolute atomic E-state index is 0.0215. The number of benzene rings is 2. The van der Waals surface area contributed by atoms with Crippen molar-refractivity contribution < 1.29 is 21.2 Å². The fourth-order valence-electron chi connectivity index (χ4n) is 2.89. The molecule has 0 saturated heterocycles. The number of sulfonamides is 2. The lowest BCUT2D eigenvalue weighted by atomic mass is 10.2. The van der Waals surface area contributed by atoms with Crippen molar-refractivity contribution >= 4 is 20.0 Å². The molecule has 0 amide bonds. The lowest BCUT2D eigenvalue weighted by Gasteiger charge is -2.22. The predicted molar refractivity (Wildman–Crippen MR) is 109 cm³/mol. The summed E-state index contributed by atoms with van der Waals surface area (Å²) in [7, 11) is -7.52. The number of nitrogens with zero attached hydrogens (tertiary/aromatic N) is 1. The monoisotopic (exact) mass is 440 g/mol. The molecule has 1 aliphatic carbocycles. The van der Waals surface area contributed by atoms with Gasteiger partial charge in [-0.3, -0.25) is 0 Å². The molecule has 1 unspecified atom stereocenters. The molecule has 0 aliphatic heterocycles. The summed E-state index contributed by atoms with van der Waals surface area (Å²) in [4.78, 5) is 0.0576. The maximum atomic E-state index is 13.2. The molecule has 2 aromatic carbocycles. The van der Waals surface area contributed by atoms with Crippen LogP contribution in [0.1, 0.15) is 38.7 Å². The summed E-state index contributed by atoms with van der Waals surface area (Å²) in [5, 5.41) is 0. The molecule has 0 bridgehead atoms. The third-order valence-corrected chi connectivity index (χ3v) is 8.43. The Hall–Kier alpha value is -1.81. The lowest BCUT2D eigenvalue weighted by Crippen LogP contribution is -2.33. The Bertz CT molecular complexity index is 1050. The van der Waals surface area contributed by atoms with Crippen LogP contribution in [0.3, 0.4) is 0 Å². The molecular formula is C20H25FN2O4S2. The molecule has 0 aromatic heterocycles. The summed E-state index contributed by atoms with van der Waals surface area (Å²) in [5.41, 5.74) is 0.693. The van der Waals surface area contributed by atoms with E-state index in [1.807, 2.05) is 6.92 Å². The first-order valence-electron chi connectivity index (χ1n) is 9.52. The van der Waals surface area contributed by atoms with E-state index in [2.05, 4.69) is 4.72 Å². The van der Waals surface area contributed by atoms with Gasteiger partial charge in [0.05, 0.1) is 9.79 Å². The van der Waals surface area contributed by atoms with Crippen molar-refractivity contribution in [3.63, 3.8) is 0 Å². The van der Waals surface area contributed by atoms with Gasteiger partial charge in [0.15, 0.2) is 0 Å². The van der Waals surface area contributed by atoms with Crippen molar-refractivity contribution in [1.29, 1.82) is 0 Å². The molecule has 0 spiro atoms. The van der Waals surface area contributed by atoms with Gasteiger partial charge in [0.25, 0.3) is 0 Å². The Kier molecular flexibility index (Phi) is 6.42. The molecular weight excluding hydrogens is 415 g/mol. The van der Waals surface area contributed by atoms with Crippen LogP contribution >= 0.6 is 0 Å². The van der Waals surface area contributed by atoms with Gasteiger partial charge in [-0.15, -0.1) is 0 Å². The summed E-state index contributed by atoms with van der Waals surface area (Å²) in [6, 6.07) is 10.7. The zero-order valence-corrected chi connectivity index (χ0v) is 18.0. The Balaban J connectivity index is 1.84. The van der Waals surface area contributed by atoms with Gasteiger partial charge in [0, 0.05) is 18.6 Å². The van der Waals surface area contributed by atoms with Crippen LogP contribution in [-0.2, 0) is 26.6 Å². The molecule has 158 valence electrons. The van der Waals surface area contributed by atoms with Gasteiger partial charge in [0.1, 0.15) is 5.82 Å². The highest BCUT2D eigenvalue weighted by atomic mass is 32.2. The molecule has 1 fully saturated rings. The smallest absolute Gasteiger partial charge is 0.208 e. The summed E-state index contributed by atoms with van der Waals surface area (Å²) in [5.74, 6) is -0.377. The Morgan fingerprint density at radius 3 is 2.07 bits per heavy atom. The van der Waals surface area contributed by atoms with Crippen molar-refractivity contribution in [2.24, 2.45) is 0 Å². The molecule has 1 saturated carbocycles. The van der Waals surface area contributed by atoms with E-state index in [4.69, 9.17) is 0 Å². The number of hydrogen-bond donors (Lipinski definition) is 1. The second-order valence-electron chi connectivity index (χ2n) is 7.31. The third-order valence-electron chi connectivity index (χ3n) is 4.92. The van der Waals surface area contributed by atoms with Crippen LogP contribution in [0.5, 0.6) is 0 Å². The maximum absolute atomic E-state index is 13.2. The van der Waals surface area contributed by atoms with Gasteiger partial charge in [-0.25, -0.2) is 25.9 Å². The summed E-state index contributed by atoms with van der Waals surface area (Å²) < 4.78 is 68.2. The lowest BCUT2D eigenvalue weighted by molar-refractivity contribution is 0.398. The Labute approximate surface area is 171 Å². The van der Waals surface area contributed by atoms with Crippen LogP contribution in [0.4, 0.5) is 4.39 Å². The topological polar surface area (TPSA) is 83.5 Å². The Morgan fingerprint density at radius 1 is 1.00 bits per heavy atom. The molecule has 1 aliphatic rings. The third kappa shape index (κ3) is 5.22. The minimum Gasteiger partial charge on any atom is -0.208 e. The quantitative estimate of drug-likeness (QED) is 0.649. The van der Waals surface area contributed by atoms with Crippen LogP contribution in [0.15, 0.2) is 58.3 Å². The first kappa shape index (κ1) is 21.9. The van der Waals surface area contributed by atoms with Gasteiger partial charge in [-0.2, -0.15) is 4.31 Å². The SMILES string of the molecule is CCC(C)NS(=O)(=O)c1ccc(S(=O)(=O)N(Cc2ccc(F)cc2)C2CC2)cc1. The minimum atomic E-state index is -3.81. The molecule has 0 radical (unpaired) electrons. The summed E-state index contributed by atoms with van der Waals surface area (Å²) in [6.07, 6.45) is 2.18. The molecule has 3 rings (SSSR count).